The zero-order valence-corrected chi connectivity index (χ0v) is 11.4. The first-order chi connectivity index (χ1) is 8.00. The molecule has 17 heavy (non-hydrogen) atoms. The van der Waals surface area contributed by atoms with Gasteiger partial charge in [0.05, 0.1) is 25.8 Å². The van der Waals surface area contributed by atoms with Crippen LogP contribution in [-0.2, 0) is 0 Å². The van der Waals surface area contributed by atoms with Crippen molar-refractivity contribution in [1.82, 2.24) is 4.98 Å². The molecule has 0 saturated heterocycles. The largest absolute Gasteiger partial charge is 0.399 e. The molecule has 2 aromatic rings. The highest BCUT2D eigenvalue weighted by molar-refractivity contribution is 6.51. The zero-order valence-electron chi connectivity index (χ0n) is 8.35. The summed E-state index contributed by atoms with van der Waals surface area (Å²) in [5.41, 5.74) is 7.32. The number of hydrogen-bond donors (Lipinski definition) is 1. The van der Waals surface area contributed by atoms with E-state index in [1.807, 2.05) is 0 Å². The van der Waals surface area contributed by atoms with Crippen molar-refractivity contribution in [3.8, 4) is 11.3 Å². The predicted molar refractivity (Wildman–Crippen MR) is 74.1 cm³/mol. The fraction of sp³-hybridized carbons (Fsp3) is 0. The third kappa shape index (κ3) is 2.45. The summed E-state index contributed by atoms with van der Waals surface area (Å²) in [4.78, 5) is 4.15. The molecule has 0 atom stereocenters. The maximum absolute atomic E-state index is 6.11. The van der Waals surface area contributed by atoms with Crippen LogP contribution in [0, 0.1) is 0 Å². The number of benzene rings is 1. The van der Waals surface area contributed by atoms with Crippen LogP contribution < -0.4 is 5.73 Å². The normalized spacial score (nSPS) is 10.6. The Hall–Kier alpha value is -0.670. The standard InChI is InChI=1S/C11H6Cl4N2/c12-6-4-7(13)10(14)11(15)9(6)8-3-5(16)1-2-17-8/h1-4H,(H2,16,17). The van der Waals surface area contributed by atoms with Crippen LogP contribution in [0.25, 0.3) is 11.3 Å². The molecule has 0 aliphatic heterocycles. The van der Waals surface area contributed by atoms with Crippen molar-refractivity contribution in [2.45, 2.75) is 0 Å². The van der Waals surface area contributed by atoms with Crippen molar-refractivity contribution in [2.75, 3.05) is 5.73 Å². The highest BCUT2D eigenvalue weighted by Crippen LogP contribution is 2.42. The summed E-state index contributed by atoms with van der Waals surface area (Å²) in [6, 6.07) is 4.86. The van der Waals surface area contributed by atoms with Gasteiger partial charge in [0.2, 0.25) is 0 Å². The Morgan fingerprint density at radius 3 is 2.29 bits per heavy atom. The second kappa shape index (κ2) is 4.91. The predicted octanol–water partition coefficient (Wildman–Crippen LogP) is 4.94. The van der Waals surface area contributed by atoms with Crippen LogP contribution in [0.1, 0.15) is 0 Å². The Balaban J connectivity index is 2.72. The molecule has 0 radical (unpaired) electrons. The number of rotatable bonds is 1. The number of halogens is 4. The van der Waals surface area contributed by atoms with Gasteiger partial charge in [-0.2, -0.15) is 0 Å². The summed E-state index contributed by atoms with van der Waals surface area (Å²) < 4.78 is 0. The van der Waals surface area contributed by atoms with Gasteiger partial charge in [0.25, 0.3) is 0 Å². The number of nitrogen functional groups attached to an aromatic ring is 1. The highest BCUT2D eigenvalue weighted by Gasteiger charge is 2.16. The van der Waals surface area contributed by atoms with Crippen LogP contribution in [0.2, 0.25) is 20.1 Å². The average Bonchev–Trinajstić information content (AvgIpc) is 2.26. The summed E-state index contributed by atoms with van der Waals surface area (Å²) in [5.74, 6) is 0. The van der Waals surface area contributed by atoms with E-state index < -0.39 is 0 Å². The van der Waals surface area contributed by atoms with E-state index >= 15 is 0 Å². The topological polar surface area (TPSA) is 38.9 Å². The first-order valence-electron chi connectivity index (χ1n) is 4.55. The molecule has 0 unspecified atom stereocenters. The van der Waals surface area contributed by atoms with Gasteiger partial charge >= 0.3 is 0 Å². The van der Waals surface area contributed by atoms with Crippen LogP contribution in [0.3, 0.4) is 0 Å². The first-order valence-corrected chi connectivity index (χ1v) is 6.06. The molecular weight excluding hydrogens is 302 g/mol. The molecule has 1 aromatic carbocycles. The van der Waals surface area contributed by atoms with E-state index in [9.17, 15) is 0 Å². The van der Waals surface area contributed by atoms with Crippen molar-refractivity contribution >= 4 is 52.1 Å². The third-order valence-corrected chi connectivity index (χ3v) is 3.71. The molecule has 2 rings (SSSR count). The monoisotopic (exact) mass is 306 g/mol. The molecule has 0 saturated carbocycles. The van der Waals surface area contributed by atoms with Gasteiger partial charge in [-0.05, 0) is 18.2 Å². The second-order valence-electron chi connectivity index (χ2n) is 3.32. The lowest BCUT2D eigenvalue weighted by Crippen LogP contribution is -1.91. The molecule has 2 nitrogen and oxygen atoms in total. The molecule has 6 heteroatoms. The van der Waals surface area contributed by atoms with E-state index in [-0.39, 0.29) is 10.0 Å². The fourth-order valence-electron chi connectivity index (χ4n) is 1.38. The number of aromatic nitrogens is 1. The van der Waals surface area contributed by atoms with Gasteiger partial charge in [-0.3, -0.25) is 4.98 Å². The van der Waals surface area contributed by atoms with E-state index in [0.717, 1.165) is 0 Å². The summed E-state index contributed by atoms with van der Waals surface area (Å²) in [6.45, 7) is 0. The van der Waals surface area contributed by atoms with Crippen LogP contribution >= 0.6 is 46.4 Å². The molecule has 1 heterocycles. The van der Waals surface area contributed by atoms with Crippen molar-refractivity contribution in [3.63, 3.8) is 0 Å². The highest BCUT2D eigenvalue weighted by atomic mass is 35.5. The number of nitrogens with two attached hydrogens (primary N) is 1. The first kappa shape index (κ1) is 12.8. The number of nitrogens with zero attached hydrogens (tertiary/aromatic N) is 1. The number of anilines is 1. The van der Waals surface area contributed by atoms with Crippen molar-refractivity contribution in [1.29, 1.82) is 0 Å². The lowest BCUT2D eigenvalue weighted by atomic mass is 10.1. The SMILES string of the molecule is Nc1ccnc(-c2c(Cl)cc(Cl)c(Cl)c2Cl)c1. The lowest BCUT2D eigenvalue weighted by Gasteiger charge is -2.09. The van der Waals surface area contributed by atoms with Gasteiger partial charge in [0.15, 0.2) is 0 Å². The van der Waals surface area contributed by atoms with Crippen LogP contribution in [0.4, 0.5) is 5.69 Å². The van der Waals surface area contributed by atoms with E-state index in [4.69, 9.17) is 52.1 Å². The molecule has 0 fully saturated rings. The second-order valence-corrected chi connectivity index (χ2v) is 4.89. The van der Waals surface area contributed by atoms with E-state index in [0.29, 0.717) is 27.0 Å². The summed E-state index contributed by atoms with van der Waals surface area (Å²) in [5, 5.41) is 1.19. The molecule has 0 spiro atoms. The van der Waals surface area contributed by atoms with E-state index in [1.54, 1.807) is 18.3 Å². The van der Waals surface area contributed by atoms with Crippen LogP contribution in [0.5, 0.6) is 0 Å². The average molecular weight is 308 g/mol. The quantitative estimate of drug-likeness (QED) is 0.598. The summed E-state index contributed by atoms with van der Waals surface area (Å²) in [6.07, 6.45) is 1.57. The molecule has 88 valence electrons. The van der Waals surface area contributed by atoms with Crippen molar-refractivity contribution in [3.05, 3.63) is 44.5 Å². The molecule has 0 aliphatic rings. The van der Waals surface area contributed by atoms with Gasteiger partial charge in [-0.1, -0.05) is 46.4 Å². The number of hydrogen-bond acceptors (Lipinski definition) is 2. The van der Waals surface area contributed by atoms with Gasteiger partial charge in [-0.25, -0.2) is 0 Å². The van der Waals surface area contributed by atoms with E-state index in [1.165, 1.54) is 6.07 Å². The van der Waals surface area contributed by atoms with Crippen LogP contribution in [-0.4, -0.2) is 4.98 Å². The van der Waals surface area contributed by atoms with E-state index in [2.05, 4.69) is 4.98 Å². The molecular formula is C11H6Cl4N2. The zero-order chi connectivity index (χ0) is 12.6. The summed E-state index contributed by atoms with van der Waals surface area (Å²) in [7, 11) is 0. The minimum atomic E-state index is 0.247. The fourth-order valence-corrected chi connectivity index (χ4v) is 2.49. The smallest absolute Gasteiger partial charge is 0.0786 e. The van der Waals surface area contributed by atoms with Crippen LogP contribution in [0.15, 0.2) is 24.4 Å². The minimum absolute atomic E-state index is 0.247. The Labute approximate surface area is 118 Å². The molecule has 0 amide bonds. The third-order valence-electron chi connectivity index (χ3n) is 2.15. The maximum Gasteiger partial charge on any atom is 0.0786 e. The Morgan fingerprint density at radius 2 is 1.65 bits per heavy atom. The Morgan fingerprint density at radius 1 is 0.941 bits per heavy atom. The Kier molecular flexibility index (Phi) is 3.69. The molecule has 0 aliphatic carbocycles. The van der Waals surface area contributed by atoms with Gasteiger partial charge < -0.3 is 5.73 Å². The van der Waals surface area contributed by atoms with Gasteiger partial charge in [0.1, 0.15) is 0 Å². The Bertz CT molecular complexity index is 584. The summed E-state index contributed by atoms with van der Waals surface area (Å²) >= 11 is 24.0. The van der Waals surface area contributed by atoms with Gasteiger partial charge in [0, 0.05) is 17.4 Å². The molecule has 0 bridgehead atoms. The molecule has 1 aromatic heterocycles. The van der Waals surface area contributed by atoms with Crippen molar-refractivity contribution < 1.29 is 0 Å². The van der Waals surface area contributed by atoms with Gasteiger partial charge in [-0.15, -0.1) is 0 Å². The lowest BCUT2D eigenvalue weighted by molar-refractivity contribution is 1.33. The van der Waals surface area contributed by atoms with Crippen molar-refractivity contribution in [2.24, 2.45) is 0 Å². The number of pyridine rings is 1. The molecule has 2 N–H and O–H groups in total. The minimum Gasteiger partial charge on any atom is -0.399 e. The maximum atomic E-state index is 6.11.